The molecule has 0 saturated heterocycles. The van der Waals surface area contributed by atoms with Gasteiger partial charge in [-0.3, -0.25) is 4.79 Å². The molecule has 2 aromatic carbocycles. The summed E-state index contributed by atoms with van der Waals surface area (Å²) in [6.07, 6.45) is 0. The van der Waals surface area contributed by atoms with Crippen LogP contribution >= 0.6 is 31.9 Å². The second-order valence-electron chi connectivity index (χ2n) is 4.22. The van der Waals surface area contributed by atoms with E-state index in [2.05, 4.69) is 37.2 Å². The van der Waals surface area contributed by atoms with Crippen molar-refractivity contribution < 1.29 is 14.7 Å². The molecule has 21 heavy (non-hydrogen) atoms. The summed E-state index contributed by atoms with van der Waals surface area (Å²) >= 11 is 6.61. The molecule has 0 heterocycles. The van der Waals surface area contributed by atoms with Crippen LogP contribution in [0.25, 0.3) is 0 Å². The van der Waals surface area contributed by atoms with Gasteiger partial charge < -0.3 is 16.2 Å². The Morgan fingerprint density at radius 3 is 2.14 bits per heavy atom. The fourth-order valence-corrected chi connectivity index (χ4v) is 2.98. The van der Waals surface area contributed by atoms with Crippen molar-refractivity contribution in [1.82, 2.24) is 0 Å². The lowest BCUT2D eigenvalue weighted by molar-refractivity contribution is 0.0697. The molecule has 7 heteroatoms. The Balaban J connectivity index is 2.25. The number of carboxylic acid groups (broad SMARTS) is 1. The Bertz CT molecular complexity index is 712. The molecule has 1 amide bonds. The van der Waals surface area contributed by atoms with Crippen LogP contribution in [-0.2, 0) is 0 Å². The molecule has 0 aliphatic carbocycles. The van der Waals surface area contributed by atoms with Crippen LogP contribution in [0.15, 0.2) is 45.3 Å². The third-order valence-corrected chi connectivity index (χ3v) is 3.59. The predicted molar refractivity (Wildman–Crippen MR) is 87.6 cm³/mol. The average molecular weight is 414 g/mol. The lowest BCUT2D eigenvalue weighted by atomic mass is 10.1. The quantitative estimate of drug-likeness (QED) is 0.668. The maximum atomic E-state index is 12.2. The smallest absolute Gasteiger partial charge is 0.335 e. The molecule has 5 nitrogen and oxygen atoms in total. The van der Waals surface area contributed by atoms with Crippen LogP contribution in [0.1, 0.15) is 20.7 Å². The minimum atomic E-state index is -1.07. The van der Waals surface area contributed by atoms with Crippen molar-refractivity contribution in [2.24, 2.45) is 0 Å². The molecule has 0 saturated carbocycles. The molecular formula is C14H10Br2N2O3. The summed E-state index contributed by atoms with van der Waals surface area (Å²) in [4.78, 5) is 23.0. The molecule has 0 bridgehead atoms. The van der Waals surface area contributed by atoms with E-state index in [0.29, 0.717) is 11.3 Å². The fraction of sp³-hybridized carbons (Fsp3) is 0. The molecule has 0 spiro atoms. The summed E-state index contributed by atoms with van der Waals surface area (Å²) < 4.78 is 1.52. The van der Waals surface area contributed by atoms with Crippen molar-refractivity contribution in [3.05, 3.63) is 56.5 Å². The maximum Gasteiger partial charge on any atom is 0.335 e. The standard InChI is InChI=1S/C14H10Br2N2O3/c15-9-3-8(4-10(16)6-9)13(19)18-12-2-1-7(14(20)21)5-11(12)17/h1-6H,17H2,(H,18,19)(H,20,21). The second kappa shape index (κ2) is 6.28. The lowest BCUT2D eigenvalue weighted by Gasteiger charge is -2.09. The molecule has 0 radical (unpaired) electrons. The first-order valence-electron chi connectivity index (χ1n) is 5.77. The van der Waals surface area contributed by atoms with Crippen LogP contribution < -0.4 is 11.1 Å². The van der Waals surface area contributed by atoms with Crippen molar-refractivity contribution >= 4 is 55.1 Å². The van der Waals surface area contributed by atoms with Gasteiger partial charge in [0, 0.05) is 14.5 Å². The summed E-state index contributed by atoms with van der Waals surface area (Å²) in [5, 5.41) is 11.5. The molecule has 4 N–H and O–H groups in total. The number of hydrogen-bond acceptors (Lipinski definition) is 3. The van der Waals surface area contributed by atoms with Crippen LogP contribution in [-0.4, -0.2) is 17.0 Å². The number of benzene rings is 2. The van der Waals surface area contributed by atoms with Gasteiger partial charge >= 0.3 is 5.97 Å². The van der Waals surface area contributed by atoms with Crippen molar-refractivity contribution in [3.63, 3.8) is 0 Å². The van der Waals surface area contributed by atoms with Gasteiger partial charge in [0.1, 0.15) is 0 Å². The summed E-state index contributed by atoms with van der Waals surface area (Å²) in [5.74, 6) is -1.41. The number of nitrogens with one attached hydrogen (secondary N) is 1. The number of nitrogens with two attached hydrogens (primary N) is 1. The number of carbonyl (C=O) groups is 2. The molecule has 2 rings (SSSR count). The first-order chi connectivity index (χ1) is 9.86. The van der Waals surface area contributed by atoms with Crippen LogP contribution in [0.4, 0.5) is 11.4 Å². The number of carbonyl (C=O) groups excluding carboxylic acids is 1. The SMILES string of the molecule is Nc1cc(C(=O)O)ccc1NC(=O)c1cc(Br)cc(Br)c1. The van der Waals surface area contributed by atoms with Crippen LogP contribution in [0.5, 0.6) is 0 Å². The number of anilines is 2. The topological polar surface area (TPSA) is 92.4 Å². The molecule has 0 aromatic heterocycles. The van der Waals surface area contributed by atoms with Gasteiger partial charge in [-0.1, -0.05) is 31.9 Å². The van der Waals surface area contributed by atoms with Crippen molar-refractivity contribution in [2.45, 2.75) is 0 Å². The fourth-order valence-electron chi connectivity index (χ4n) is 1.69. The van der Waals surface area contributed by atoms with E-state index in [9.17, 15) is 9.59 Å². The Labute approximate surface area is 137 Å². The van der Waals surface area contributed by atoms with E-state index in [4.69, 9.17) is 10.8 Å². The van der Waals surface area contributed by atoms with Crippen LogP contribution in [0.2, 0.25) is 0 Å². The molecule has 2 aromatic rings. The Morgan fingerprint density at radius 1 is 1.00 bits per heavy atom. The highest BCUT2D eigenvalue weighted by Gasteiger charge is 2.11. The van der Waals surface area contributed by atoms with E-state index in [1.807, 2.05) is 6.07 Å². The predicted octanol–water partition coefficient (Wildman–Crippen LogP) is 3.74. The third kappa shape index (κ3) is 3.83. The van der Waals surface area contributed by atoms with E-state index in [0.717, 1.165) is 8.95 Å². The molecule has 0 atom stereocenters. The van der Waals surface area contributed by atoms with E-state index in [-0.39, 0.29) is 17.2 Å². The molecular weight excluding hydrogens is 404 g/mol. The summed E-state index contributed by atoms with van der Waals surface area (Å²) in [6.45, 7) is 0. The second-order valence-corrected chi connectivity index (χ2v) is 6.05. The minimum absolute atomic E-state index is 0.0655. The first kappa shape index (κ1) is 15.5. The number of amides is 1. The molecule has 0 aliphatic heterocycles. The van der Waals surface area contributed by atoms with Gasteiger partial charge in [-0.25, -0.2) is 4.79 Å². The average Bonchev–Trinajstić information content (AvgIpc) is 2.39. The number of halogens is 2. The highest BCUT2D eigenvalue weighted by molar-refractivity contribution is 9.11. The Hall–Kier alpha value is -1.86. The zero-order valence-electron chi connectivity index (χ0n) is 10.6. The van der Waals surface area contributed by atoms with E-state index in [1.54, 1.807) is 12.1 Å². The molecule has 108 valence electrons. The van der Waals surface area contributed by atoms with Gasteiger partial charge in [0.05, 0.1) is 16.9 Å². The Morgan fingerprint density at radius 2 is 1.62 bits per heavy atom. The molecule has 0 fully saturated rings. The normalized spacial score (nSPS) is 10.2. The zero-order chi connectivity index (χ0) is 15.6. The highest BCUT2D eigenvalue weighted by Crippen LogP contribution is 2.23. The molecule has 0 aliphatic rings. The summed E-state index contributed by atoms with van der Waals surface area (Å²) in [7, 11) is 0. The van der Waals surface area contributed by atoms with Crippen LogP contribution in [0.3, 0.4) is 0 Å². The van der Waals surface area contributed by atoms with Gasteiger partial charge in [0.15, 0.2) is 0 Å². The van der Waals surface area contributed by atoms with E-state index >= 15 is 0 Å². The molecule has 0 unspecified atom stereocenters. The van der Waals surface area contributed by atoms with Gasteiger partial charge in [-0.2, -0.15) is 0 Å². The number of rotatable bonds is 3. The monoisotopic (exact) mass is 412 g/mol. The van der Waals surface area contributed by atoms with Crippen molar-refractivity contribution in [3.8, 4) is 0 Å². The summed E-state index contributed by atoms with van der Waals surface area (Å²) in [5.41, 5.74) is 6.81. The zero-order valence-corrected chi connectivity index (χ0v) is 13.7. The largest absolute Gasteiger partial charge is 0.478 e. The van der Waals surface area contributed by atoms with E-state index in [1.165, 1.54) is 18.2 Å². The van der Waals surface area contributed by atoms with Gasteiger partial charge in [0.2, 0.25) is 0 Å². The number of aromatic carboxylic acids is 1. The summed E-state index contributed by atoms with van der Waals surface area (Å²) in [6, 6.07) is 9.29. The minimum Gasteiger partial charge on any atom is -0.478 e. The van der Waals surface area contributed by atoms with Gasteiger partial charge in [-0.05, 0) is 36.4 Å². The third-order valence-electron chi connectivity index (χ3n) is 2.67. The number of carboxylic acids is 1. The lowest BCUT2D eigenvalue weighted by Crippen LogP contribution is -2.13. The number of hydrogen-bond donors (Lipinski definition) is 3. The van der Waals surface area contributed by atoms with Gasteiger partial charge in [0.25, 0.3) is 5.91 Å². The first-order valence-corrected chi connectivity index (χ1v) is 7.35. The highest BCUT2D eigenvalue weighted by atomic mass is 79.9. The van der Waals surface area contributed by atoms with Crippen molar-refractivity contribution in [1.29, 1.82) is 0 Å². The number of nitrogen functional groups attached to an aromatic ring is 1. The maximum absolute atomic E-state index is 12.2. The Kier molecular flexibility index (Phi) is 4.64. The van der Waals surface area contributed by atoms with Crippen LogP contribution in [0, 0.1) is 0 Å². The van der Waals surface area contributed by atoms with Gasteiger partial charge in [-0.15, -0.1) is 0 Å². The van der Waals surface area contributed by atoms with Crippen molar-refractivity contribution in [2.75, 3.05) is 11.1 Å². The van der Waals surface area contributed by atoms with E-state index < -0.39 is 5.97 Å².